The van der Waals surface area contributed by atoms with E-state index in [0.29, 0.717) is 5.17 Å². The van der Waals surface area contributed by atoms with E-state index >= 15 is 0 Å². The summed E-state index contributed by atoms with van der Waals surface area (Å²) in [6.07, 6.45) is 0.741. The maximum atomic E-state index is 12.3. The van der Waals surface area contributed by atoms with Crippen molar-refractivity contribution >= 4 is 38.4 Å². The zero-order valence-corrected chi connectivity index (χ0v) is 16.7. The maximum Gasteiger partial charge on any atom is 0.250 e. The molecule has 0 unspecified atom stereocenters. The van der Waals surface area contributed by atoms with Crippen LogP contribution in [-0.4, -0.2) is 42.3 Å². The third-order valence-electron chi connectivity index (χ3n) is 5.08. The van der Waals surface area contributed by atoms with E-state index in [0.717, 1.165) is 17.7 Å². The van der Waals surface area contributed by atoms with Crippen molar-refractivity contribution in [1.82, 2.24) is 0 Å². The Morgan fingerprint density at radius 2 is 2.04 bits per heavy atom. The van der Waals surface area contributed by atoms with Crippen LogP contribution in [0.5, 0.6) is 0 Å². The van der Waals surface area contributed by atoms with E-state index in [1.54, 1.807) is 0 Å². The average Bonchev–Trinajstić information content (AvgIpc) is 3.00. The van der Waals surface area contributed by atoms with E-state index in [9.17, 15) is 13.2 Å². The number of aliphatic imine (C=N–C) groups is 1. The first-order valence-electron chi connectivity index (χ1n) is 8.58. The predicted molar refractivity (Wildman–Crippen MR) is 104 cm³/mol. The number of rotatable bonds is 3. The predicted octanol–water partition coefficient (Wildman–Crippen LogP) is 2.95. The van der Waals surface area contributed by atoms with Gasteiger partial charge in [-0.15, -0.1) is 0 Å². The minimum absolute atomic E-state index is 0.0601. The van der Waals surface area contributed by atoms with Crippen LogP contribution in [0, 0.1) is 19.8 Å². The van der Waals surface area contributed by atoms with Gasteiger partial charge in [0.15, 0.2) is 15.0 Å². The summed E-state index contributed by atoms with van der Waals surface area (Å²) in [7, 11) is -3.04. The van der Waals surface area contributed by atoms with Crippen LogP contribution in [0.25, 0.3) is 0 Å². The van der Waals surface area contributed by atoms with Crippen LogP contribution in [0.3, 0.4) is 0 Å². The molecule has 0 saturated carbocycles. The van der Waals surface area contributed by atoms with Gasteiger partial charge in [-0.2, -0.15) is 4.99 Å². The standard InChI is InChI=1S/C18H24N2O3S2/c1-5-11(2)17(21)19-18-20(14-7-6-12(3)13(4)8-14)15-9-25(22,23)10-16(15)24-18/h6-8,11,15-16H,5,9-10H2,1-4H3/t11-,15-,16+/m0/s1. The average molecular weight is 381 g/mol. The first-order chi connectivity index (χ1) is 11.7. The van der Waals surface area contributed by atoms with Crippen LogP contribution in [0.1, 0.15) is 31.4 Å². The Hall–Kier alpha value is -1.34. The monoisotopic (exact) mass is 380 g/mol. The van der Waals surface area contributed by atoms with Crippen LogP contribution in [0.4, 0.5) is 5.69 Å². The van der Waals surface area contributed by atoms with Crippen LogP contribution < -0.4 is 4.90 Å². The van der Waals surface area contributed by atoms with E-state index in [1.807, 2.05) is 50.8 Å². The third-order valence-corrected chi connectivity index (χ3v) is 8.28. The molecular weight excluding hydrogens is 356 g/mol. The molecule has 2 fully saturated rings. The smallest absolute Gasteiger partial charge is 0.250 e. The highest BCUT2D eigenvalue weighted by Crippen LogP contribution is 2.41. The summed E-state index contributed by atoms with van der Waals surface area (Å²) in [5.41, 5.74) is 3.23. The molecule has 1 amide bonds. The van der Waals surface area contributed by atoms with Gasteiger partial charge in [0.05, 0.1) is 17.5 Å². The van der Waals surface area contributed by atoms with E-state index < -0.39 is 9.84 Å². The molecule has 7 heteroatoms. The summed E-state index contributed by atoms with van der Waals surface area (Å²) < 4.78 is 24.2. The van der Waals surface area contributed by atoms with Crippen LogP contribution in [0.15, 0.2) is 23.2 Å². The Bertz CT molecular complexity index is 833. The molecule has 1 aromatic carbocycles. The van der Waals surface area contributed by atoms with E-state index in [2.05, 4.69) is 4.99 Å². The molecule has 2 aliphatic heterocycles. The van der Waals surface area contributed by atoms with Gasteiger partial charge in [-0.1, -0.05) is 31.7 Å². The summed E-state index contributed by atoms with van der Waals surface area (Å²) in [5.74, 6) is 0.00879. The highest BCUT2D eigenvalue weighted by atomic mass is 32.2. The first-order valence-corrected chi connectivity index (χ1v) is 11.3. The van der Waals surface area contributed by atoms with Gasteiger partial charge in [-0.05, 0) is 43.5 Å². The van der Waals surface area contributed by atoms with Crippen molar-refractivity contribution in [2.24, 2.45) is 10.9 Å². The molecule has 2 saturated heterocycles. The zero-order valence-electron chi connectivity index (χ0n) is 15.0. The summed E-state index contributed by atoms with van der Waals surface area (Å²) in [6, 6.07) is 5.91. The van der Waals surface area contributed by atoms with Crippen molar-refractivity contribution in [3.05, 3.63) is 29.3 Å². The fourth-order valence-corrected chi connectivity index (χ4v) is 7.04. The number of benzene rings is 1. The largest absolute Gasteiger partial charge is 0.316 e. The van der Waals surface area contributed by atoms with E-state index in [4.69, 9.17) is 0 Å². The van der Waals surface area contributed by atoms with Crippen LogP contribution in [-0.2, 0) is 14.6 Å². The second-order valence-corrected chi connectivity index (χ2v) is 10.3. The van der Waals surface area contributed by atoms with Crippen LogP contribution in [0.2, 0.25) is 0 Å². The summed E-state index contributed by atoms with van der Waals surface area (Å²) in [5, 5.41) is 0.577. The van der Waals surface area contributed by atoms with Gasteiger partial charge in [-0.25, -0.2) is 8.42 Å². The Kier molecular flexibility index (Phi) is 4.99. The van der Waals surface area contributed by atoms with Crippen molar-refractivity contribution in [2.75, 3.05) is 16.4 Å². The van der Waals surface area contributed by atoms with Gasteiger partial charge in [0, 0.05) is 16.9 Å². The highest BCUT2D eigenvalue weighted by molar-refractivity contribution is 8.16. The number of nitrogens with zero attached hydrogens (tertiary/aromatic N) is 2. The molecule has 25 heavy (non-hydrogen) atoms. The molecule has 3 rings (SSSR count). The lowest BCUT2D eigenvalue weighted by atomic mass is 10.1. The quantitative estimate of drug-likeness (QED) is 0.806. The summed E-state index contributed by atoms with van der Waals surface area (Å²) in [6.45, 7) is 7.92. The number of carbonyl (C=O) groups excluding carboxylic acids is 1. The van der Waals surface area contributed by atoms with E-state index in [-0.39, 0.29) is 34.6 Å². The van der Waals surface area contributed by atoms with Gasteiger partial charge >= 0.3 is 0 Å². The lowest BCUT2D eigenvalue weighted by Gasteiger charge is -2.25. The molecule has 3 atom stereocenters. The third kappa shape index (κ3) is 3.62. The first kappa shape index (κ1) is 18.5. The number of aryl methyl sites for hydroxylation is 2. The Morgan fingerprint density at radius 1 is 1.32 bits per heavy atom. The van der Waals surface area contributed by atoms with Gasteiger partial charge in [0.1, 0.15) is 0 Å². The zero-order chi connectivity index (χ0) is 18.4. The van der Waals surface area contributed by atoms with Crippen molar-refractivity contribution in [3.63, 3.8) is 0 Å². The molecule has 0 radical (unpaired) electrons. The minimum Gasteiger partial charge on any atom is -0.316 e. The number of fused-ring (bicyclic) bond motifs is 1. The second kappa shape index (κ2) is 6.76. The summed E-state index contributed by atoms with van der Waals surface area (Å²) in [4.78, 5) is 18.7. The normalized spacial score (nSPS) is 27.5. The van der Waals surface area contributed by atoms with Crippen molar-refractivity contribution < 1.29 is 13.2 Å². The van der Waals surface area contributed by atoms with Gasteiger partial charge in [0.25, 0.3) is 5.91 Å². The van der Waals surface area contributed by atoms with Crippen molar-refractivity contribution in [1.29, 1.82) is 0 Å². The molecular formula is C18H24N2O3S2. The van der Waals surface area contributed by atoms with Gasteiger partial charge < -0.3 is 4.90 Å². The fourth-order valence-electron chi connectivity index (χ4n) is 3.12. The number of sulfone groups is 1. The SMILES string of the molecule is CC[C@H](C)C(=O)N=C1S[C@@H]2CS(=O)(=O)C[C@@H]2N1c1ccc(C)c(C)c1. The number of amides is 1. The van der Waals surface area contributed by atoms with Crippen LogP contribution >= 0.6 is 11.8 Å². The number of hydrogen-bond donors (Lipinski definition) is 0. The molecule has 5 nitrogen and oxygen atoms in total. The molecule has 0 spiro atoms. The fraction of sp³-hybridized carbons (Fsp3) is 0.556. The number of hydrogen-bond acceptors (Lipinski definition) is 4. The Morgan fingerprint density at radius 3 is 2.68 bits per heavy atom. The second-order valence-electron chi connectivity index (χ2n) is 6.98. The molecule has 136 valence electrons. The maximum absolute atomic E-state index is 12.3. The Labute approximate surface area is 153 Å². The minimum atomic E-state index is -3.04. The molecule has 0 bridgehead atoms. The van der Waals surface area contributed by atoms with Gasteiger partial charge in [-0.3, -0.25) is 4.79 Å². The lowest BCUT2D eigenvalue weighted by Crippen LogP contribution is -2.38. The molecule has 0 aliphatic carbocycles. The number of carbonyl (C=O) groups is 1. The molecule has 2 heterocycles. The highest BCUT2D eigenvalue weighted by Gasteiger charge is 2.49. The molecule has 0 aromatic heterocycles. The topological polar surface area (TPSA) is 66.8 Å². The van der Waals surface area contributed by atoms with E-state index in [1.165, 1.54) is 17.3 Å². The van der Waals surface area contributed by atoms with Crippen molar-refractivity contribution in [3.8, 4) is 0 Å². The van der Waals surface area contributed by atoms with Crippen molar-refractivity contribution in [2.45, 2.75) is 45.4 Å². The van der Waals surface area contributed by atoms with Gasteiger partial charge in [0.2, 0.25) is 0 Å². The molecule has 0 N–H and O–H groups in total. The molecule has 2 aliphatic rings. The number of thioether (sulfide) groups is 1. The lowest BCUT2D eigenvalue weighted by molar-refractivity contribution is -0.121. The summed E-state index contributed by atoms with van der Waals surface area (Å²) >= 11 is 1.43. The Balaban J connectivity index is 2.02. The molecule has 1 aromatic rings. The number of anilines is 1. The number of amidine groups is 1.